The van der Waals surface area contributed by atoms with E-state index in [1.165, 1.54) is 0 Å². The lowest BCUT2D eigenvalue weighted by molar-refractivity contribution is -0.142. The molecule has 0 spiro atoms. The molecular formula is C9H18N2O3S. The van der Waals surface area contributed by atoms with Gasteiger partial charge in [-0.15, -0.1) is 0 Å². The van der Waals surface area contributed by atoms with Gasteiger partial charge in [0.1, 0.15) is 6.04 Å². The first-order valence-electron chi connectivity index (χ1n) is 4.75. The summed E-state index contributed by atoms with van der Waals surface area (Å²) >= 11 is 1.55. The van der Waals surface area contributed by atoms with E-state index in [-0.39, 0.29) is 18.4 Å². The van der Waals surface area contributed by atoms with Crippen LogP contribution in [0.4, 0.5) is 0 Å². The van der Waals surface area contributed by atoms with Crippen LogP contribution in [0.3, 0.4) is 0 Å². The fraction of sp³-hybridized carbons (Fsp3) is 0.778. The van der Waals surface area contributed by atoms with Gasteiger partial charge in [-0.3, -0.25) is 4.79 Å². The minimum Gasteiger partial charge on any atom is -0.480 e. The third-order valence-corrected chi connectivity index (χ3v) is 2.67. The van der Waals surface area contributed by atoms with Crippen LogP contribution in [0.5, 0.6) is 0 Å². The normalized spacial score (nSPS) is 14.3. The molecule has 0 aromatic heterocycles. The van der Waals surface area contributed by atoms with Crippen molar-refractivity contribution in [2.75, 3.05) is 18.6 Å². The molecule has 0 saturated heterocycles. The topological polar surface area (TPSA) is 92.4 Å². The van der Waals surface area contributed by atoms with E-state index in [9.17, 15) is 9.59 Å². The van der Waals surface area contributed by atoms with Crippen molar-refractivity contribution in [1.82, 2.24) is 5.32 Å². The van der Waals surface area contributed by atoms with E-state index in [1.54, 1.807) is 18.7 Å². The summed E-state index contributed by atoms with van der Waals surface area (Å²) in [6.07, 6.45) is 2.32. The Morgan fingerprint density at radius 1 is 1.53 bits per heavy atom. The number of amides is 1. The molecule has 0 rings (SSSR count). The van der Waals surface area contributed by atoms with E-state index in [0.29, 0.717) is 12.2 Å². The van der Waals surface area contributed by atoms with Crippen LogP contribution in [0.25, 0.3) is 0 Å². The quantitative estimate of drug-likeness (QED) is 0.572. The first-order chi connectivity index (χ1) is 7.02. The van der Waals surface area contributed by atoms with Crippen LogP contribution in [-0.2, 0) is 9.59 Å². The summed E-state index contributed by atoms with van der Waals surface area (Å²) in [6, 6.07) is -0.807. The number of nitrogens with one attached hydrogen (secondary N) is 1. The van der Waals surface area contributed by atoms with Crippen LogP contribution in [0.15, 0.2) is 0 Å². The predicted molar refractivity (Wildman–Crippen MR) is 60.8 cm³/mol. The van der Waals surface area contributed by atoms with Gasteiger partial charge >= 0.3 is 5.97 Å². The van der Waals surface area contributed by atoms with Crippen molar-refractivity contribution in [2.45, 2.75) is 19.4 Å². The average molecular weight is 234 g/mol. The van der Waals surface area contributed by atoms with Crippen molar-refractivity contribution in [3.63, 3.8) is 0 Å². The predicted octanol–water partition coefficient (Wildman–Crippen LogP) is -0.0963. The van der Waals surface area contributed by atoms with Crippen LogP contribution in [-0.4, -0.2) is 41.6 Å². The second kappa shape index (κ2) is 7.53. The zero-order valence-corrected chi connectivity index (χ0v) is 9.84. The molecule has 2 atom stereocenters. The molecule has 0 aromatic carbocycles. The van der Waals surface area contributed by atoms with Gasteiger partial charge < -0.3 is 16.2 Å². The fourth-order valence-corrected chi connectivity index (χ4v) is 1.39. The number of carbonyl (C=O) groups is 2. The maximum absolute atomic E-state index is 11.4. The summed E-state index contributed by atoms with van der Waals surface area (Å²) in [5.74, 6) is -0.942. The maximum Gasteiger partial charge on any atom is 0.326 e. The molecule has 0 aliphatic carbocycles. The molecule has 5 nitrogen and oxygen atoms in total. The molecule has 0 bridgehead atoms. The highest BCUT2D eigenvalue weighted by Gasteiger charge is 2.21. The SMILES string of the molecule is CSCC[C@@H](NC(=O)C(C)CN)C(=O)O. The zero-order chi connectivity index (χ0) is 11.8. The highest BCUT2D eigenvalue weighted by molar-refractivity contribution is 7.98. The van der Waals surface area contributed by atoms with E-state index < -0.39 is 12.0 Å². The molecule has 0 aliphatic heterocycles. The van der Waals surface area contributed by atoms with E-state index in [2.05, 4.69) is 5.32 Å². The number of carboxylic acid groups (broad SMARTS) is 1. The molecule has 1 unspecified atom stereocenters. The Balaban J connectivity index is 4.16. The molecule has 0 aromatic rings. The monoisotopic (exact) mass is 234 g/mol. The summed E-state index contributed by atoms with van der Waals surface area (Å²) in [6.45, 7) is 1.89. The summed E-state index contributed by atoms with van der Waals surface area (Å²) in [5.41, 5.74) is 5.31. The number of hydrogen-bond acceptors (Lipinski definition) is 4. The molecule has 6 heteroatoms. The van der Waals surface area contributed by atoms with Crippen molar-refractivity contribution in [2.24, 2.45) is 11.7 Å². The molecule has 88 valence electrons. The number of carbonyl (C=O) groups excluding carboxylic acids is 1. The molecule has 1 amide bonds. The van der Waals surface area contributed by atoms with Gasteiger partial charge in [-0.2, -0.15) is 11.8 Å². The Morgan fingerprint density at radius 2 is 2.13 bits per heavy atom. The van der Waals surface area contributed by atoms with E-state index in [0.717, 1.165) is 0 Å². The van der Waals surface area contributed by atoms with Gasteiger partial charge in [-0.25, -0.2) is 4.79 Å². The lowest BCUT2D eigenvalue weighted by Gasteiger charge is -2.16. The average Bonchev–Trinajstić information content (AvgIpc) is 2.22. The molecular weight excluding hydrogens is 216 g/mol. The minimum atomic E-state index is -0.998. The second-order valence-corrected chi connectivity index (χ2v) is 4.30. The Bertz CT molecular complexity index is 223. The summed E-state index contributed by atoms with van der Waals surface area (Å²) in [7, 11) is 0. The van der Waals surface area contributed by atoms with Crippen LogP contribution < -0.4 is 11.1 Å². The Kier molecular flexibility index (Phi) is 7.15. The molecule has 0 heterocycles. The van der Waals surface area contributed by atoms with Crippen molar-refractivity contribution in [3.8, 4) is 0 Å². The summed E-state index contributed by atoms with van der Waals surface area (Å²) in [4.78, 5) is 22.2. The lowest BCUT2D eigenvalue weighted by Crippen LogP contribution is -2.44. The molecule has 15 heavy (non-hydrogen) atoms. The third-order valence-electron chi connectivity index (χ3n) is 2.03. The van der Waals surface area contributed by atoms with Crippen molar-refractivity contribution < 1.29 is 14.7 Å². The number of thioether (sulfide) groups is 1. The standard InChI is InChI=1S/C9H18N2O3S/c1-6(5-10)8(12)11-7(9(13)14)3-4-15-2/h6-7H,3-5,10H2,1-2H3,(H,11,12)(H,13,14)/t6?,7-/m1/s1. The van der Waals surface area contributed by atoms with Crippen molar-refractivity contribution in [1.29, 1.82) is 0 Å². The third kappa shape index (κ3) is 5.64. The summed E-state index contributed by atoms with van der Waals surface area (Å²) < 4.78 is 0. The van der Waals surface area contributed by atoms with Crippen molar-refractivity contribution >= 4 is 23.6 Å². The van der Waals surface area contributed by atoms with Crippen LogP contribution in [0.2, 0.25) is 0 Å². The number of nitrogens with two attached hydrogens (primary N) is 1. The Labute approximate surface area is 93.8 Å². The number of carboxylic acids is 1. The highest BCUT2D eigenvalue weighted by atomic mass is 32.2. The largest absolute Gasteiger partial charge is 0.480 e. The van der Waals surface area contributed by atoms with E-state index >= 15 is 0 Å². The Hall–Kier alpha value is -0.750. The molecule has 0 radical (unpaired) electrons. The molecule has 0 fully saturated rings. The maximum atomic E-state index is 11.4. The minimum absolute atomic E-state index is 0.223. The Morgan fingerprint density at radius 3 is 2.53 bits per heavy atom. The first-order valence-corrected chi connectivity index (χ1v) is 6.14. The van der Waals surface area contributed by atoms with Gasteiger partial charge in [0.15, 0.2) is 0 Å². The van der Waals surface area contributed by atoms with Gasteiger partial charge in [-0.1, -0.05) is 6.92 Å². The number of rotatable bonds is 7. The van der Waals surface area contributed by atoms with Gasteiger partial charge in [-0.05, 0) is 18.4 Å². The van der Waals surface area contributed by atoms with Gasteiger partial charge in [0.2, 0.25) is 5.91 Å². The number of hydrogen-bond donors (Lipinski definition) is 3. The first kappa shape index (κ1) is 14.2. The van der Waals surface area contributed by atoms with Crippen molar-refractivity contribution in [3.05, 3.63) is 0 Å². The zero-order valence-electron chi connectivity index (χ0n) is 9.03. The number of aliphatic carboxylic acids is 1. The molecule has 4 N–H and O–H groups in total. The van der Waals surface area contributed by atoms with E-state index in [4.69, 9.17) is 10.8 Å². The van der Waals surface area contributed by atoms with Crippen LogP contribution >= 0.6 is 11.8 Å². The highest BCUT2D eigenvalue weighted by Crippen LogP contribution is 2.02. The lowest BCUT2D eigenvalue weighted by atomic mass is 10.1. The fourth-order valence-electron chi connectivity index (χ4n) is 0.914. The van der Waals surface area contributed by atoms with Gasteiger partial charge in [0.25, 0.3) is 0 Å². The smallest absolute Gasteiger partial charge is 0.326 e. The molecule has 0 aliphatic rings. The van der Waals surface area contributed by atoms with E-state index in [1.807, 2.05) is 6.26 Å². The summed E-state index contributed by atoms with van der Waals surface area (Å²) in [5, 5.41) is 11.3. The molecule has 0 saturated carbocycles. The van der Waals surface area contributed by atoms with Crippen LogP contribution in [0, 0.1) is 5.92 Å². The van der Waals surface area contributed by atoms with Gasteiger partial charge in [0.05, 0.1) is 0 Å². The van der Waals surface area contributed by atoms with Gasteiger partial charge in [0, 0.05) is 12.5 Å². The van der Waals surface area contributed by atoms with Crippen LogP contribution in [0.1, 0.15) is 13.3 Å². The second-order valence-electron chi connectivity index (χ2n) is 3.32.